The molecular formula is C11H25NO5Si. The van der Waals surface area contributed by atoms with Crippen molar-refractivity contribution in [2.24, 2.45) is 0 Å². The number of amides is 1. The Hall–Kier alpha value is -0.633. The van der Waals surface area contributed by atoms with E-state index < -0.39 is 17.6 Å². The van der Waals surface area contributed by atoms with Gasteiger partial charge in [-0.25, -0.2) is 4.79 Å². The topological polar surface area (TPSA) is 66.0 Å². The van der Waals surface area contributed by atoms with Crippen molar-refractivity contribution in [2.75, 3.05) is 21.3 Å². The number of carbonyl (C=O) groups excluding carboxylic acids is 1. The van der Waals surface area contributed by atoms with Crippen molar-refractivity contribution in [1.29, 1.82) is 0 Å². The van der Waals surface area contributed by atoms with Gasteiger partial charge in [0, 0.05) is 31.6 Å². The molecule has 0 saturated heterocycles. The molecule has 1 atom stereocenters. The lowest BCUT2D eigenvalue weighted by molar-refractivity contribution is -0.273. The fourth-order valence-corrected chi connectivity index (χ4v) is 2.44. The molecule has 0 aromatic heterocycles. The lowest BCUT2D eigenvalue weighted by Crippen LogP contribution is -2.60. The summed E-state index contributed by atoms with van der Waals surface area (Å²) in [5.41, 5.74) is -0.583. The molecule has 0 aliphatic carbocycles. The summed E-state index contributed by atoms with van der Waals surface area (Å²) in [5.74, 6) is -1.32. The van der Waals surface area contributed by atoms with Crippen LogP contribution in [0.25, 0.3) is 0 Å². The van der Waals surface area contributed by atoms with Gasteiger partial charge in [-0.2, -0.15) is 0 Å². The summed E-state index contributed by atoms with van der Waals surface area (Å²) in [6, 6.07) is 0.744. The van der Waals surface area contributed by atoms with Gasteiger partial charge in [0.2, 0.25) is 0 Å². The van der Waals surface area contributed by atoms with E-state index in [1.807, 2.05) is 0 Å². The number of ether oxygens (including phenoxy) is 4. The highest BCUT2D eigenvalue weighted by Crippen LogP contribution is 2.19. The van der Waals surface area contributed by atoms with Gasteiger partial charge in [-0.1, -0.05) is 0 Å². The first kappa shape index (κ1) is 17.4. The van der Waals surface area contributed by atoms with E-state index in [9.17, 15) is 4.79 Å². The Morgan fingerprint density at radius 3 is 2.00 bits per heavy atom. The predicted octanol–water partition coefficient (Wildman–Crippen LogP) is 0.256. The first-order valence-electron chi connectivity index (χ1n) is 5.89. The molecule has 0 aliphatic heterocycles. The van der Waals surface area contributed by atoms with Crippen LogP contribution in [0, 0.1) is 0 Å². The molecule has 0 radical (unpaired) electrons. The molecule has 0 aromatic carbocycles. The molecule has 6 nitrogen and oxygen atoms in total. The minimum Gasteiger partial charge on any atom is -0.444 e. The van der Waals surface area contributed by atoms with Crippen molar-refractivity contribution in [3.05, 3.63) is 0 Å². The zero-order valence-corrected chi connectivity index (χ0v) is 14.3. The smallest absolute Gasteiger partial charge is 0.411 e. The van der Waals surface area contributed by atoms with Crippen LogP contribution in [-0.4, -0.2) is 55.3 Å². The Balaban J connectivity index is 4.86. The number of nitrogens with one attached hydrogen (secondary N) is 1. The molecule has 0 aromatic rings. The minimum atomic E-state index is -1.32. The molecule has 7 heteroatoms. The number of alkyl carbamates (subject to hydrolysis) is 1. The molecule has 108 valence electrons. The zero-order valence-electron chi connectivity index (χ0n) is 12.3. The van der Waals surface area contributed by atoms with Crippen LogP contribution in [0.5, 0.6) is 0 Å². The van der Waals surface area contributed by atoms with E-state index >= 15 is 0 Å². The number of methoxy groups -OCH3 is 3. The molecule has 18 heavy (non-hydrogen) atoms. The van der Waals surface area contributed by atoms with Crippen LogP contribution in [0.15, 0.2) is 0 Å². The lowest BCUT2D eigenvalue weighted by Gasteiger charge is -2.37. The van der Waals surface area contributed by atoms with Gasteiger partial charge in [0.05, 0.1) is 0 Å². The largest absolute Gasteiger partial charge is 0.444 e. The molecule has 0 heterocycles. The number of hydrogen-bond donors (Lipinski definition) is 1. The summed E-state index contributed by atoms with van der Waals surface area (Å²) >= 11 is 0. The summed E-state index contributed by atoms with van der Waals surface area (Å²) < 4.78 is 21.0. The quantitative estimate of drug-likeness (QED) is 0.558. The van der Waals surface area contributed by atoms with E-state index in [0.717, 1.165) is 16.3 Å². The van der Waals surface area contributed by atoms with Crippen LogP contribution in [0.3, 0.4) is 0 Å². The molecule has 1 unspecified atom stereocenters. The lowest BCUT2D eigenvalue weighted by atomic mass is 10.2. The second-order valence-corrected chi connectivity index (χ2v) is 5.65. The number of hydrogen-bond acceptors (Lipinski definition) is 5. The van der Waals surface area contributed by atoms with Gasteiger partial charge in [0.25, 0.3) is 5.91 Å². The van der Waals surface area contributed by atoms with Crippen molar-refractivity contribution in [3.8, 4) is 0 Å². The van der Waals surface area contributed by atoms with Gasteiger partial charge in [-0.3, -0.25) is 5.32 Å². The average molecular weight is 279 g/mol. The molecule has 0 bridgehead atoms. The molecule has 1 amide bonds. The van der Waals surface area contributed by atoms with Crippen molar-refractivity contribution in [3.63, 3.8) is 0 Å². The fraction of sp³-hybridized carbons (Fsp3) is 0.909. The van der Waals surface area contributed by atoms with Crippen LogP contribution < -0.4 is 5.32 Å². The van der Waals surface area contributed by atoms with E-state index in [-0.39, 0.29) is 6.10 Å². The van der Waals surface area contributed by atoms with Crippen molar-refractivity contribution in [1.82, 2.24) is 5.32 Å². The number of carbonyl (C=O) groups is 1. The van der Waals surface area contributed by atoms with E-state index in [1.54, 1.807) is 27.9 Å². The van der Waals surface area contributed by atoms with Crippen molar-refractivity contribution < 1.29 is 23.7 Å². The fourth-order valence-electron chi connectivity index (χ4n) is 1.57. The van der Waals surface area contributed by atoms with E-state index in [1.165, 1.54) is 14.2 Å². The summed E-state index contributed by atoms with van der Waals surface area (Å²) in [6.07, 6.45) is -0.991. The number of rotatable bonds is 6. The minimum absolute atomic E-state index is 0.383. The third-order valence-corrected chi connectivity index (χ3v) is 3.10. The first-order valence-corrected chi connectivity index (χ1v) is 7.30. The monoisotopic (exact) mass is 279 g/mol. The van der Waals surface area contributed by atoms with E-state index in [2.05, 4.69) is 5.32 Å². The highest BCUT2D eigenvalue weighted by molar-refractivity contribution is 6.08. The maximum absolute atomic E-state index is 11.8. The van der Waals surface area contributed by atoms with Gasteiger partial charge >= 0.3 is 6.09 Å². The summed E-state index contributed by atoms with van der Waals surface area (Å²) in [6.45, 7) is 5.36. The van der Waals surface area contributed by atoms with Crippen LogP contribution in [0.1, 0.15) is 20.8 Å². The van der Waals surface area contributed by atoms with E-state index in [0.29, 0.717) is 0 Å². The molecular weight excluding hydrogens is 254 g/mol. The third-order valence-electron chi connectivity index (χ3n) is 2.36. The van der Waals surface area contributed by atoms with Crippen LogP contribution in [0.2, 0.25) is 6.04 Å². The normalized spacial score (nSPS) is 14.3. The van der Waals surface area contributed by atoms with Gasteiger partial charge < -0.3 is 18.9 Å². The maximum Gasteiger partial charge on any atom is 0.411 e. The predicted molar refractivity (Wildman–Crippen MR) is 71.7 cm³/mol. The second-order valence-electron chi connectivity index (χ2n) is 4.84. The highest BCUT2D eigenvalue weighted by Gasteiger charge is 2.41. The highest BCUT2D eigenvalue weighted by atomic mass is 28.1. The molecule has 0 aliphatic rings. The summed E-state index contributed by atoms with van der Waals surface area (Å²) in [5, 5.41) is 2.58. The van der Waals surface area contributed by atoms with Crippen molar-refractivity contribution >= 4 is 16.3 Å². The van der Waals surface area contributed by atoms with Gasteiger partial charge in [-0.15, -0.1) is 0 Å². The van der Waals surface area contributed by atoms with Gasteiger partial charge in [-0.05, 0) is 26.8 Å². The van der Waals surface area contributed by atoms with Crippen molar-refractivity contribution in [2.45, 2.75) is 44.4 Å². The first-order chi connectivity index (χ1) is 8.24. The zero-order chi connectivity index (χ0) is 14.4. The molecule has 0 rings (SSSR count). The average Bonchev–Trinajstić information content (AvgIpc) is 2.26. The Kier molecular flexibility index (Phi) is 6.83. The van der Waals surface area contributed by atoms with Crippen LogP contribution in [0.4, 0.5) is 4.79 Å². The molecule has 0 fully saturated rings. The summed E-state index contributed by atoms with van der Waals surface area (Å²) in [4.78, 5) is 11.8. The molecule has 0 saturated carbocycles. The van der Waals surface area contributed by atoms with E-state index in [4.69, 9.17) is 18.9 Å². The Bertz CT molecular complexity index is 259. The van der Waals surface area contributed by atoms with Gasteiger partial charge in [0.15, 0.2) is 0 Å². The van der Waals surface area contributed by atoms with Crippen LogP contribution >= 0.6 is 0 Å². The maximum atomic E-state index is 11.8. The second kappa shape index (κ2) is 7.08. The Morgan fingerprint density at radius 2 is 1.72 bits per heavy atom. The summed E-state index contributed by atoms with van der Waals surface area (Å²) in [7, 11) is 5.33. The molecule has 1 N–H and O–H groups in total. The molecule has 0 spiro atoms. The third kappa shape index (κ3) is 4.93. The SMILES string of the molecule is COC(C[SiH3])C(NC(=O)OC(C)(C)C)(OC)OC. The van der Waals surface area contributed by atoms with Gasteiger partial charge in [0.1, 0.15) is 11.7 Å². The van der Waals surface area contributed by atoms with Crippen LogP contribution in [-0.2, 0) is 18.9 Å². The Morgan fingerprint density at radius 1 is 1.22 bits per heavy atom. The standard InChI is InChI=1S/C11H25NO5Si/c1-10(2,3)17-9(13)12-11(15-5,16-6)8(7-18)14-4/h8H,7H2,1-6,18H3,(H,12,13). The Labute approximate surface area is 112 Å².